The number of hydrogen-bond donors (Lipinski definition) is 0. The van der Waals surface area contributed by atoms with E-state index in [1.807, 2.05) is 18.2 Å². The SMILES string of the molecule is COC(=O)c1ccc(C(=O)N(C)Cc2ccccc2Cl)s1. The van der Waals surface area contributed by atoms with E-state index in [0.717, 1.165) is 16.9 Å². The Balaban J connectivity index is 2.11. The third-order valence-electron chi connectivity index (χ3n) is 2.92. The van der Waals surface area contributed by atoms with E-state index in [4.69, 9.17) is 11.6 Å². The maximum atomic E-state index is 12.3. The number of rotatable bonds is 4. The van der Waals surface area contributed by atoms with Gasteiger partial charge in [-0.2, -0.15) is 0 Å². The molecule has 2 aromatic rings. The molecule has 6 heteroatoms. The molecule has 0 radical (unpaired) electrons. The smallest absolute Gasteiger partial charge is 0.348 e. The average Bonchev–Trinajstić information content (AvgIpc) is 2.97. The Morgan fingerprint density at radius 3 is 2.52 bits per heavy atom. The molecule has 0 saturated carbocycles. The first-order valence-electron chi connectivity index (χ1n) is 6.20. The van der Waals surface area contributed by atoms with Gasteiger partial charge in [0.1, 0.15) is 4.88 Å². The van der Waals surface area contributed by atoms with Gasteiger partial charge in [0.2, 0.25) is 0 Å². The summed E-state index contributed by atoms with van der Waals surface area (Å²) in [5, 5.41) is 0.624. The summed E-state index contributed by atoms with van der Waals surface area (Å²) in [6.45, 7) is 0.407. The van der Waals surface area contributed by atoms with E-state index in [2.05, 4.69) is 4.74 Å². The Hall–Kier alpha value is -1.85. The molecule has 0 aliphatic heterocycles. The first-order chi connectivity index (χ1) is 10.0. The van der Waals surface area contributed by atoms with E-state index >= 15 is 0 Å². The zero-order valence-corrected chi connectivity index (χ0v) is 13.2. The molecule has 110 valence electrons. The van der Waals surface area contributed by atoms with Crippen LogP contribution in [0, 0.1) is 0 Å². The molecule has 0 aliphatic carbocycles. The quantitative estimate of drug-likeness (QED) is 0.809. The number of methoxy groups -OCH3 is 1. The molecule has 0 spiro atoms. The lowest BCUT2D eigenvalue weighted by Crippen LogP contribution is -2.25. The molecular formula is C15H14ClNO3S. The topological polar surface area (TPSA) is 46.6 Å². The number of thiophene rings is 1. The lowest BCUT2D eigenvalue weighted by Gasteiger charge is -2.17. The van der Waals surface area contributed by atoms with Gasteiger partial charge in [0.15, 0.2) is 0 Å². The Morgan fingerprint density at radius 2 is 1.86 bits per heavy atom. The highest BCUT2D eigenvalue weighted by molar-refractivity contribution is 7.15. The zero-order valence-electron chi connectivity index (χ0n) is 11.6. The van der Waals surface area contributed by atoms with Crippen molar-refractivity contribution >= 4 is 34.8 Å². The Kier molecular flexibility index (Phi) is 4.98. The van der Waals surface area contributed by atoms with Gasteiger partial charge >= 0.3 is 5.97 Å². The number of hydrogen-bond acceptors (Lipinski definition) is 4. The summed E-state index contributed by atoms with van der Waals surface area (Å²) >= 11 is 7.20. The number of ether oxygens (including phenoxy) is 1. The van der Waals surface area contributed by atoms with Crippen molar-refractivity contribution in [2.24, 2.45) is 0 Å². The van der Waals surface area contributed by atoms with Gasteiger partial charge in [-0.3, -0.25) is 4.79 Å². The van der Waals surface area contributed by atoms with Crippen LogP contribution >= 0.6 is 22.9 Å². The number of nitrogens with zero attached hydrogens (tertiary/aromatic N) is 1. The summed E-state index contributed by atoms with van der Waals surface area (Å²) in [5.41, 5.74) is 0.875. The van der Waals surface area contributed by atoms with E-state index in [1.165, 1.54) is 7.11 Å². The van der Waals surface area contributed by atoms with Crippen LogP contribution in [0.1, 0.15) is 24.9 Å². The van der Waals surface area contributed by atoms with E-state index in [-0.39, 0.29) is 5.91 Å². The van der Waals surface area contributed by atoms with Crippen LogP contribution in [-0.4, -0.2) is 30.9 Å². The molecule has 1 heterocycles. The minimum atomic E-state index is -0.437. The molecule has 0 fully saturated rings. The van der Waals surface area contributed by atoms with E-state index in [9.17, 15) is 9.59 Å². The normalized spacial score (nSPS) is 10.2. The molecule has 1 aromatic heterocycles. The number of halogens is 1. The fourth-order valence-electron chi connectivity index (χ4n) is 1.81. The number of benzene rings is 1. The monoisotopic (exact) mass is 323 g/mol. The highest BCUT2D eigenvalue weighted by atomic mass is 35.5. The lowest BCUT2D eigenvalue weighted by molar-refractivity contribution is 0.0606. The number of carbonyl (C=O) groups is 2. The maximum Gasteiger partial charge on any atom is 0.348 e. The second-order valence-corrected chi connectivity index (χ2v) is 5.90. The van der Waals surface area contributed by atoms with Crippen molar-refractivity contribution in [1.82, 2.24) is 4.90 Å². The Bertz CT molecular complexity index is 668. The number of amides is 1. The Labute approximate surface area is 131 Å². The molecule has 2 rings (SSSR count). The summed E-state index contributed by atoms with van der Waals surface area (Å²) in [5.74, 6) is -0.595. The zero-order chi connectivity index (χ0) is 15.4. The Morgan fingerprint density at radius 1 is 1.19 bits per heavy atom. The van der Waals surface area contributed by atoms with Gasteiger partial charge in [0.05, 0.1) is 12.0 Å². The summed E-state index contributed by atoms with van der Waals surface area (Å²) in [6.07, 6.45) is 0. The van der Waals surface area contributed by atoms with Crippen LogP contribution in [-0.2, 0) is 11.3 Å². The van der Waals surface area contributed by atoms with Crippen LogP contribution in [0.15, 0.2) is 36.4 Å². The molecule has 1 amide bonds. The molecule has 1 aromatic carbocycles. The third kappa shape index (κ3) is 3.62. The summed E-state index contributed by atoms with van der Waals surface area (Å²) in [4.78, 5) is 26.2. The first kappa shape index (κ1) is 15.5. The second kappa shape index (κ2) is 6.74. The van der Waals surface area contributed by atoms with Crippen molar-refractivity contribution in [3.8, 4) is 0 Å². The maximum absolute atomic E-state index is 12.3. The molecule has 0 N–H and O–H groups in total. The number of carbonyl (C=O) groups excluding carboxylic acids is 2. The highest BCUT2D eigenvalue weighted by Gasteiger charge is 2.17. The van der Waals surface area contributed by atoms with Crippen molar-refractivity contribution in [3.05, 3.63) is 56.7 Å². The molecule has 21 heavy (non-hydrogen) atoms. The lowest BCUT2D eigenvalue weighted by atomic mass is 10.2. The molecule has 0 saturated heterocycles. The fourth-order valence-corrected chi connectivity index (χ4v) is 2.92. The molecule has 0 atom stereocenters. The van der Waals surface area contributed by atoms with Gasteiger partial charge in [-0.15, -0.1) is 11.3 Å². The average molecular weight is 324 g/mol. The van der Waals surface area contributed by atoms with Crippen molar-refractivity contribution in [3.63, 3.8) is 0 Å². The summed E-state index contributed by atoms with van der Waals surface area (Å²) in [7, 11) is 3.01. The van der Waals surface area contributed by atoms with Gasteiger partial charge in [0, 0.05) is 18.6 Å². The van der Waals surface area contributed by atoms with Crippen LogP contribution < -0.4 is 0 Å². The van der Waals surface area contributed by atoms with Crippen LogP contribution in [0.5, 0.6) is 0 Å². The minimum absolute atomic E-state index is 0.157. The van der Waals surface area contributed by atoms with E-state index in [0.29, 0.717) is 21.3 Å². The van der Waals surface area contributed by atoms with Crippen molar-refractivity contribution in [2.45, 2.75) is 6.54 Å². The largest absolute Gasteiger partial charge is 0.465 e. The predicted octanol–water partition coefficient (Wildman–Crippen LogP) is 3.46. The first-order valence-corrected chi connectivity index (χ1v) is 7.39. The van der Waals surface area contributed by atoms with Crippen LogP contribution in [0.2, 0.25) is 5.02 Å². The standard InChI is InChI=1S/C15H14ClNO3S/c1-17(9-10-5-3-4-6-11(10)16)14(18)12-7-8-13(21-12)15(19)20-2/h3-8H,9H2,1-2H3. The van der Waals surface area contributed by atoms with Crippen molar-refractivity contribution in [2.75, 3.05) is 14.2 Å². The molecule has 0 bridgehead atoms. The van der Waals surface area contributed by atoms with Gasteiger partial charge in [0.25, 0.3) is 5.91 Å². The summed E-state index contributed by atoms with van der Waals surface area (Å²) < 4.78 is 4.63. The molecular weight excluding hydrogens is 310 g/mol. The van der Waals surface area contributed by atoms with Crippen molar-refractivity contribution in [1.29, 1.82) is 0 Å². The minimum Gasteiger partial charge on any atom is -0.465 e. The predicted molar refractivity (Wildman–Crippen MR) is 82.9 cm³/mol. The van der Waals surface area contributed by atoms with Gasteiger partial charge in [-0.1, -0.05) is 29.8 Å². The van der Waals surface area contributed by atoms with Crippen LogP contribution in [0.3, 0.4) is 0 Å². The molecule has 4 nitrogen and oxygen atoms in total. The van der Waals surface area contributed by atoms with Crippen LogP contribution in [0.4, 0.5) is 0 Å². The highest BCUT2D eigenvalue weighted by Crippen LogP contribution is 2.21. The van der Waals surface area contributed by atoms with Gasteiger partial charge < -0.3 is 9.64 Å². The van der Waals surface area contributed by atoms with Crippen LogP contribution in [0.25, 0.3) is 0 Å². The fraction of sp³-hybridized carbons (Fsp3) is 0.200. The molecule has 0 aliphatic rings. The van der Waals surface area contributed by atoms with E-state index < -0.39 is 5.97 Å². The molecule has 0 unspecified atom stereocenters. The van der Waals surface area contributed by atoms with Gasteiger partial charge in [-0.05, 0) is 23.8 Å². The second-order valence-electron chi connectivity index (χ2n) is 4.41. The van der Waals surface area contributed by atoms with Crippen molar-refractivity contribution < 1.29 is 14.3 Å². The summed E-state index contributed by atoms with van der Waals surface area (Å²) in [6, 6.07) is 10.6. The van der Waals surface area contributed by atoms with E-state index in [1.54, 1.807) is 30.1 Å². The van der Waals surface area contributed by atoms with Gasteiger partial charge in [-0.25, -0.2) is 4.79 Å². The third-order valence-corrected chi connectivity index (χ3v) is 4.34. The number of esters is 1.